The number of hydrogen-bond donors (Lipinski definition) is 0. The minimum Gasteiger partial charge on any atom is -0.250 e. The van der Waals surface area contributed by atoms with Gasteiger partial charge < -0.3 is 0 Å². The summed E-state index contributed by atoms with van der Waals surface area (Å²) in [5.74, 6) is 0.668. The molecule has 1 aromatic rings. The van der Waals surface area contributed by atoms with E-state index in [9.17, 15) is 13.2 Å². The number of alkyl halides is 3. The summed E-state index contributed by atoms with van der Waals surface area (Å²) in [4.78, 5) is 3.64. The Balaban J connectivity index is 3.14. The van der Waals surface area contributed by atoms with E-state index in [-0.39, 0.29) is 5.02 Å². The highest BCUT2D eigenvalue weighted by Crippen LogP contribution is 2.37. The Morgan fingerprint density at radius 2 is 2.14 bits per heavy atom. The number of halogens is 4. The number of aromatic nitrogens is 1. The van der Waals surface area contributed by atoms with Gasteiger partial charge in [0, 0.05) is 11.1 Å². The van der Waals surface area contributed by atoms with E-state index < -0.39 is 11.9 Å². The summed E-state index contributed by atoms with van der Waals surface area (Å²) >= 11 is 6.83. The zero-order valence-electron chi connectivity index (χ0n) is 7.23. The van der Waals surface area contributed by atoms with E-state index in [4.69, 9.17) is 11.6 Å². The second-order valence-electron chi connectivity index (χ2n) is 2.40. The van der Waals surface area contributed by atoms with E-state index in [0.717, 1.165) is 6.20 Å². The summed E-state index contributed by atoms with van der Waals surface area (Å²) in [6.07, 6.45) is -3.37. The van der Waals surface area contributed by atoms with Gasteiger partial charge in [0.1, 0.15) is 0 Å². The minimum atomic E-state index is -4.48. The zero-order chi connectivity index (χ0) is 10.8. The first-order chi connectivity index (χ1) is 6.46. The van der Waals surface area contributed by atoms with Crippen LogP contribution in [0.5, 0.6) is 0 Å². The van der Waals surface area contributed by atoms with Crippen LogP contribution in [0.1, 0.15) is 12.6 Å². The van der Waals surface area contributed by atoms with Crippen LogP contribution in [0.25, 0.3) is 0 Å². The fourth-order valence-electron chi connectivity index (χ4n) is 0.891. The van der Waals surface area contributed by atoms with Gasteiger partial charge in [-0.05, 0) is 11.8 Å². The fraction of sp³-hybridized carbons (Fsp3) is 0.375. The van der Waals surface area contributed by atoms with Crippen molar-refractivity contribution in [2.45, 2.75) is 18.0 Å². The zero-order valence-corrected chi connectivity index (χ0v) is 8.80. The van der Waals surface area contributed by atoms with Crippen molar-refractivity contribution in [3.8, 4) is 0 Å². The topological polar surface area (TPSA) is 12.9 Å². The molecule has 0 aromatic carbocycles. The van der Waals surface area contributed by atoms with Crippen molar-refractivity contribution in [2.75, 3.05) is 5.75 Å². The van der Waals surface area contributed by atoms with Crippen LogP contribution in [-0.2, 0) is 6.18 Å². The largest absolute Gasteiger partial charge is 0.434 e. The van der Waals surface area contributed by atoms with E-state index in [0.29, 0.717) is 10.6 Å². The first-order valence-corrected chi connectivity index (χ1v) is 5.17. The Morgan fingerprint density at radius 1 is 1.50 bits per heavy atom. The Bertz CT molecular complexity index is 327. The number of nitrogens with zero attached hydrogens (tertiary/aromatic N) is 1. The normalized spacial score (nSPS) is 11.8. The third-order valence-electron chi connectivity index (χ3n) is 1.42. The minimum absolute atomic E-state index is 0.313. The highest BCUT2D eigenvalue weighted by atomic mass is 35.5. The van der Waals surface area contributed by atoms with Crippen molar-refractivity contribution in [1.29, 1.82) is 0 Å². The predicted molar refractivity (Wildman–Crippen MR) is 50.6 cm³/mol. The summed E-state index contributed by atoms with van der Waals surface area (Å²) in [5.41, 5.74) is -1.02. The van der Waals surface area contributed by atoms with Crippen LogP contribution in [0.2, 0.25) is 5.02 Å². The van der Waals surface area contributed by atoms with E-state index in [1.54, 1.807) is 0 Å². The van der Waals surface area contributed by atoms with Gasteiger partial charge in [0.05, 0.1) is 5.02 Å². The summed E-state index contributed by atoms with van der Waals surface area (Å²) in [6, 6.07) is 1.48. The molecule has 78 valence electrons. The van der Waals surface area contributed by atoms with Gasteiger partial charge in [0.2, 0.25) is 0 Å². The molecule has 0 fully saturated rings. The molecule has 1 heterocycles. The van der Waals surface area contributed by atoms with Crippen LogP contribution in [0.3, 0.4) is 0 Å². The maximum atomic E-state index is 12.3. The van der Waals surface area contributed by atoms with Gasteiger partial charge in [-0.3, -0.25) is 4.98 Å². The molecule has 0 saturated heterocycles. The molecule has 6 heteroatoms. The van der Waals surface area contributed by atoms with Crippen molar-refractivity contribution in [3.05, 3.63) is 23.0 Å². The highest BCUT2D eigenvalue weighted by molar-refractivity contribution is 7.99. The van der Waals surface area contributed by atoms with Gasteiger partial charge in [0.15, 0.2) is 5.69 Å². The van der Waals surface area contributed by atoms with Crippen LogP contribution < -0.4 is 0 Å². The van der Waals surface area contributed by atoms with Crippen LogP contribution in [0.15, 0.2) is 17.2 Å². The number of thioether (sulfide) groups is 1. The maximum Gasteiger partial charge on any atom is 0.434 e. The molecular formula is C8H7ClF3NS. The van der Waals surface area contributed by atoms with Crippen LogP contribution in [0.4, 0.5) is 13.2 Å². The molecule has 1 nitrogen and oxygen atoms in total. The molecule has 0 radical (unpaired) electrons. The highest BCUT2D eigenvalue weighted by Gasteiger charge is 2.35. The second kappa shape index (κ2) is 4.40. The molecule has 0 aliphatic rings. The summed E-state index contributed by atoms with van der Waals surface area (Å²) in [6.45, 7) is 1.84. The van der Waals surface area contributed by atoms with Gasteiger partial charge in [0.25, 0.3) is 0 Å². The van der Waals surface area contributed by atoms with Gasteiger partial charge in [-0.2, -0.15) is 13.2 Å². The molecule has 0 saturated carbocycles. The van der Waals surface area contributed by atoms with Gasteiger partial charge in [-0.1, -0.05) is 18.5 Å². The molecule has 0 aliphatic heterocycles. The number of pyridine rings is 1. The molecule has 14 heavy (non-hydrogen) atoms. The average molecular weight is 242 g/mol. The molecular weight excluding hydrogens is 235 g/mol. The summed E-state index contributed by atoms with van der Waals surface area (Å²) in [5, 5.41) is -0.313. The molecule has 0 aliphatic carbocycles. The van der Waals surface area contributed by atoms with Crippen molar-refractivity contribution < 1.29 is 13.2 Å². The molecule has 0 N–H and O–H groups in total. The quantitative estimate of drug-likeness (QED) is 0.729. The van der Waals surface area contributed by atoms with Crippen LogP contribution in [0, 0.1) is 0 Å². The Labute approximate surface area is 88.7 Å². The Kier molecular flexibility index (Phi) is 3.66. The average Bonchev–Trinajstić information content (AvgIpc) is 2.07. The van der Waals surface area contributed by atoms with Crippen LogP contribution >= 0.6 is 23.4 Å². The van der Waals surface area contributed by atoms with E-state index in [1.165, 1.54) is 17.8 Å². The molecule has 0 spiro atoms. The molecule has 0 atom stereocenters. The standard InChI is InChI=1S/C8H7ClF3NS/c1-2-14-5-3-4-13-7(6(5)9)8(10,11)12/h3-4H,2H2,1H3. The predicted octanol–water partition coefficient (Wildman–Crippen LogP) is 3.87. The third-order valence-corrected chi connectivity index (χ3v) is 2.86. The number of hydrogen-bond acceptors (Lipinski definition) is 2. The summed E-state index contributed by atoms with van der Waals surface area (Å²) < 4.78 is 36.9. The maximum absolute atomic E-state index is 12.3. The smallest absolute Gasteiger partial charge is 0.250 e. The molecule has 1 rings (SSSR count). The lowest BCUT2D eigenvalue weighted by Crippen LogP contribution is -2.09. The lowest BCUT2D eigenvalue weighted by Gasteiger charge is -2.09. The molecule has 0 unspecified atom stereocenters. The lowest BCUT2D eigenvalue weighted by atomic mass is 10.3. The third kappa shape index (κ3) is 2.54. The number of rotatable bonds is 2. The van der Waals surface area contributed by atoms with Crippen molar-refractivity contribution in [2.24, 2.45) is 0 Å². The SMILES string of the molecule is CCSc1ccnc(C(F)(F)F)c1Cl. The van der Waals surface area contributed by atoms with E-state index in [2.05, 4.69) is 4.98 Å². The molecule has 0 amide bonds. The van der Waals surface area contributed by atoms with Gasteiger partial charge in [-0.15, -0.1) is 11.8 Å². The van der Waals surface area contributed by atoms with E-state index in [1.807, 2.05) is 6.92 Å². The first kappa shape index (κ1) is 11.7. The van der Waals surface area contributed by atoms with Gasteiger partial charge in [-0.25, -0.2) is 0 Å². The lowest BCUT2D eigenvalue weighted by molar-refractivity contribution is -0.141. The molecule has 0 bridgehead atoms. The van der Waals surface area contributed by atoms with Gasteiger partial charge >= 0.3 is 6.18 Å². The Hall–Kier alpha value is -0.420. The molecule has 1 aromatic heterocycles. The fourth-order valence-corrected chi connectivity index (χ4v) is 1.96. The van der Waals surface area contributed by atoms with Crippen molar-refractivity contribution in [1.82, 2.24) is 4.98 Å². The van der Waals surface area contributed by atoms with Crippen molar-refractivity contribution in [3.63, 3.8) is 0 Å². The first-order valence-electron chi connectivity index (χ1n) is 3.81. The van der Waals surface area contributed by atoms with Crippen molar-refractivity contribution >= 4 is 23.4 Å². The van der Waals surface area contributed by atoms with E-state index >= 15 is 0 Å². The second-order valence-corrected chi connectivity index (χ2v) is 4.09. The Morgan fingerprint density at radius 3 is 2.64 bits per heavy atom. The monoisotopic (exact) mass is 241 g/mol. The van der Waals surface area contributed by atoms with Crippen LogP contribution in [-0.4, -0.2) is 10.7 Å². The summed E-state index contributed by atoms with van der Waals surface area (Å²) in [7, 11) is 0.